The number of hydrogen-bond acceptors (Lipinski definition) is 7. The van der Waals surface area contributed by atoms with Crippen molar-refractivity contribution in [2.75, 3.05) is 19.7 Å². The van der Waals surface area contributed by atoms with Crippen molar-refractivity contribution in [2.24, 2.45) is 0 Å². The maximum atomic E-state index is 10.1. The van der Waals surface area contributed by atoms with Gasteiger partial charge >= 0.3 is 0 Å². The van der Waals surface area contributed by atoms with E-state index in [0.29, 0.717) is 24.9 Å². The fourth-order valence-electron chi connectivity index (χ4n) is 2.80. The summed E-state index contributed by atoms with van der Waals surface area (Å²) < 4.78 is 15.7. The predicted octanol–water partition coefficient (Wildman–Crippen LogP) is 1.69. The molecule has 1 fully saturated rings. The molecule has 0 aliphatic carbocycles. The Morgan fingerprint density at radius 2 is 2.45 bits per heavy atom. The largest absolute Gasteiger partial charge is 0.467 e. The molecule has 0 bridgehead atoms. The average Bonchev–Trinajstić information content (AvgIpc) is 3.20. The van der Waals surface area contributed by atoms with Crippen LogP contribution in [0.5, 0.6) is 0 Å². The number of β-amino-alcohol motifs (C(OH)–C–C–N with tert-alkyl or cyclic N) is 1. The Bertz CT molecular complexity index is 569. The topological polar surface area (TPSA) is 84.8 Å². The number of aryl methyl sites for hydroxylation is 1. The van der Waals surface area contributed by atoms with Crippen LogP contribution in [0.1, 0.15) is 36.4 Å². The van der Waals surface area contributed by atoms with Gasteiger partial charge in [0.25, 0.3) is 0 Å². The maximum absolute atomic E-state index is 10.1. The molecule has 3 heterocycles. The van der Waals surface area contributed by atoms with Crippen molar-refractivity contribution in [3.63, 3.8) is 0 Å². The highest BCUT2D eigenvalue weighted by Crippen LogP contribution is 2.30. The van der Waals surface area contributed by atoms with Crippen LogP contribution in [0, 0.1) is 6.92 Å². The maximum Gasteiger partial charge on any atom is 0.223 e. The fourth-order valence-corrected chi connectivity index (χ4v) is 2.80. The van der Waals surface area contributed by atoms with E-state index in [9.17, 15) is 5.11 Å². The zero-order valence-corrected chi connectivity index (χ0v) is 12.6. The quantitative estimate of drug-likeness (QED) is 0.833. The van der Waals surface area contributed by atoms with E-state index in [-0.39, 0.29) is 12.6 Å². The second-order valence-electron chi connectivity index (χ2n) is 5.57. The van der Waals surface area contributed by atoms with Crippen molar-refractivity contribution < 1.29 is 18.8 Å². The summed E-state index contributed by atoms with van der Waals surface area (Å²) in [6.45, 7) is 3.89. The Labute approximate surface area is 128 Å². The highest BCUT2D eigenvalue weighted by Gasteiger charge is 2.30. The van der Waals surface area contributed by atoms with Gasteiger partial charge < -0.3 is 18.8 Å². The summed E-state index contributed by atoms with van der Waals surface area (Å²) in [5.74, 6) is 2.04. The lowest BCUT2D eigenvalue weighted by Crippen LogP contribution is -2.35. The number of hydrogen-bond donors (Lipinski definition) is 1. The van der Waals surface area contributed by atoms with Gasteiger partial charge in [-0.25, -0.2) is 0 Å². The zero-order valence-electron chi connectivity index (χ0n) is 12.6. The van der Waals surface area contributed by atoms with E-state index < -0.39 is 6.10 Å². The first kappa shape index (κ1) is 15.2. The smallest absolute Gasteiger partial charge is 0.223 e. The molecule has 0 radical (unpaired) electrons. The molecule has 2 atom stereocenters. The highest BCUT2D eigenvalue weighted by molar-refractivity contribution is 4.98. The van der Waals surface area contributed by atoms with Crippen LogP contribution in [0.2, 0.25) is 0 Å². The molecule has 7 heteroatoms. The Hall–Kier alpha value is -1.70. The molecule has 0 spiro atoms. The molecule has 22 heavy (non-hydrogen) atoms. The van der Waals surface area contributed by atoms with E-state index in [0.717, 1.165) is 25.1 Å². The number of rotatable bonds is 7. The fraction of sp³-hybridized carbons (Fsp3) is 0.600. The molecule has 2 aromatic rings. The SMILES string of the molecule is Cc1nc([C@H]2CCCN2C[C@@H](O)COCc2ccco2)no1. The number of furan rings is 1. The van der Waals surface area contributed by atoms with Crippen molar-refractivity contribution in [3.05, 3.63) is 35.9 Å². The van der Waals surface area contributed by atoms with Gasteiger partial charge in [-0.1, -0.05) is 5.16 Å². The number of aromatic nitrogens is 2. The minimum Gasteiger partial charge on any atom is -0.467 e. The van der Waals surface area contributed by atoms with Crippen LogP contribution in [0.4, 0.5) is 0 Å². The van der Waals surface area contributed by atoms with Crippen LogP contribution in [0.15, 0.2) is 27.3 Å². The Balaban J connectivity index is 1.46. The normalized spacial score (nSPS) is 20.5. The second kappa shape index (κ2) is 7.04. The van der Waals surface area contributed by atoms with Crippen molar-refractivity contribution in [2.45, 2.75) is 38.5 Å². The van der Waals surface area contributed by atoms with E-state index in [1.54, 1.807) is 13.2 Å². The summed E-state index contributed by atoms with van der Waals surface area (Å²) in [6, 6.07) is 3.79. The monoisotopic (exact) mass is 307 g/mol. The van der Waals surface area contributed by atoms with Gasteiger partial charge in [0.1, 0.15) is 12.4 Å². The van der Waals surface area contributed by atoms with Gasteiger partial charge in [0, 0.05) is 13.5 Å². The van der Waals surface area contributed by atoms with Crippen LogP contribution in [-0.4, -0.2) is 45.9 Å². The zero-order chi connectivity index (χ0) is 15.4. The number of aliphatic hydroxyl groups is 1. The molecular weight excluding hydrogens is 286 g/mol. The Kier molecular flexibility index (Phi) is 4.87. The molecular formula is C15H21N3O4. The van der Waals surface area contributed by atoms with Crippen LogP contribution in [-0.2, 0) is 11.3 Å². The van der Waals surface area contributed by atoms with Crippen molar-refractivity contribution >= 4 is 0 Å². The first-order valence-corrected chi connectivity index (χ1v) is 7.55. The number of nitrogens with zero attached hydrogens (tertiary/aromatic N) is 3. The average molecular weight is 307 g/mol. The van der Waals surface area contributed by atoms with E-state index in [1.165, 1.54) is 0 Å². The minimum atomic E-state index is -0.552. The van der Waals surface area contributed by atoms with Crippen molar-refractivity contribution in [1.82, 2.24) is 15.0 Å². The number of ether oxygens (including phenoxy) is 1. The van der Waals surface area contributed by atoms with Gasteiger partial charge in [-0.15, -0.1) is 0 Å². The first-order chi connectivity index (χ1) is 10.7. The third-order valence-corrected chi connectivity index (χ3v) is 3.78. The minimum absolute atomic E-state index is 0.122. The number of aliphatic hydroxyl groups excluding tert-OH is 1. The molecule has 0 amide bonds. The third-order valence-electron chi connectivity index (χ3n) is 3.78. The van der Waals surface area contributed by atoms with Crippen LogP contribution < -0.4 is 0 Å². The number of likely N-dealkylation sites (tertiary alicyclic amines) is 1. The molecule has 1 aliphatic rings. The second-order valence-corrected chi connectivity index (χ2v) is 5.57. The Morgan fingerprint density at radius 1 is 1.55 bits per heavy atom. The van der Waals surface area contributed by atoms with Crippen LogP contribution in [0.25, 0.3) is 0 Å². The summed E-state index contributed by atoms with van der Waals surface area (Å²) in [4.78, 5) is 6.49. The predicted molar refractivity (Wildman–Crippen MR) is 77.0 cm³/mol. The van der Waals surface area contributed by atoms with Crippen LogP contribution in [0.3, 0.4) is 0 Å². The van der Waals surface area contributed by atoms with E-state index in [4.69, 9.17) is 13.7 Å². The van der Waals surface area contributed by atoms with Gasteiger partial charge in [0.2, 0.25) is 5.89 Å². The first-order valence-electron chi connectivity index (χ1n) is 7.55. The summed E-state index contributed by atoms with van der Waals surface area (Å²) in [7, 11) is 0. The van der Waals surface area contributed by atoms with E-state index >= 15 is 0 Å². The Morgan fingerprint density at radius 3 is 3.18 bits per heavy atom. The molecule has 1 saturated heterocycles. The molecule has 120 valence electrons. The summed E-state index contributed by atoms with van der Waals surface area (Å²) >= 11 is 0. The lowest BCUT2D eigenvalue weighted by Gasteiger charge is -2.24. The molecule has 7 nitrogen and oxygen atoms in total. The van der Waals surface area contributed by atoms with E-state index in [1.807, 2.05) is 12.1 Å². The van der Waals surface area contributed by atoms with Gasteiger partial charge in [0.05, 0.1) is 25.0 Å². The molecule has 2 aromatic heterocycles. The lowest BCUT2D eigenvalue weighted by molar-refractivity contribution is 0.00252. The standard InChI is InChI=1S/C15H21N3O4/c1-11-16-15(17-22-11)14-5-2-6-18(14)8-12(19)9-20-10-13-4-3-7-21-13/h3-4,7,12,14,19H,2,5-6,8-10H2,1H3/t12-,14-/m1/s1. The summed E-state index contributed by atoms with van der Waals surface area (Å²) in [5, 5.41) is 14.1. The third kappa shape index (κ3) is 3.73. The summed E-state index contributed by atoms with van der Waals surface area (Å²) in [5.41, 5.74) is 0. The highest BCUT2D eigenvalue weighted by atomic mass is 16.5. The lowest BCUT2D eigenvalue weighted by atomic mass is 10.2. The van der Waals surface area contributed by atoms with Gasteiger partial charge in [-0.3, -0.25) is 4.90 Å². The van der Waals surface area contributed by atoms with E-state index in [2.05, 4.69) is 15.0 Å². The van der Waals surface area contributed by atoms with Gasteiger partial charge in [-0.2, -0.15) is 4.98 Å². The van der Waals surface area contributed by atoms with Crippen molar-refractivity contribution in [3.8, 4) is 0 Å². The molecule has 0 unspecified atom stereocenters. The van der Waals surface area contributed by atoms with Crippen LogP contribution >= 0.6 is 0 Å². The molecule has 0 saturated carbocycles. The molecule has 1 N–H and O–H groups in total. The summed E-state index contributed by atoms with van der Waals surface area (Å²) in [6.07, 6.45) is 3.11. The van der Waals surface area contributed by atoms with Crippen molar-refractivity contribution in [1.29, 1.82) is 0 Å². The van der Waals surface area contributed by atoms with Gasteiger partial charge in [0.15, 0.2) is 5.82 Å². The van der Waals surface area contributed by atoms with Gasteiger partial charge in [-0.05, 0) is 31.5 Å². The molecule has 1 aliphatic heterocycles. The molecule has 3 rings (SSSR count). The molecule has 0 aromatic carbocycles.